The molecule has 0 N–H and O–H groups in total. The Kier molecular flexibility index (Phi) is 4.34. The highest BCUT2D eigenvalue weighted by Crippen LogP contribution is 2.24. The van der Waals surface area contributed by atoms with Gasteiger partial charge in [-0.3, -0.25) is 4.79 Å². The molecule has 3 rings (SSSR count). The third-order valence-electron chi connectivity index (χ3n) is 3.06. The first-order valence-corrected chi connectivity index (χ1v) is 7.43. The van der Waals surface area contributed by atoms with Gasteiger partial charge >= 0.3 is 0 Å². The fraction of sp³-hybridized carbons (Fsp3) is 0.0588. The van der Waals surface area contributed by atoms with E-state index in [9.17, 15) is 4.79 Å². The SMILES string of the molecule is O=Cc1cc(Br)ccc1OCc1ncc(-c2ccccc2)o1. The van der Waals surface area contributed by atoms with Crippen molar-refractivity contribution in [3.63, 3.8) is 0 Å². The Labute approximate surface area is 135 Å². The fourth-order valence-corrected chi connectivity index (χ4v) is 2.37. The van der Waals surface area contributed by atoms with E-state index in [4.69, 9.17) is 9.15 Å². The number of carbonyl (C=O) groups excluding carboxylic acids is 1. The first kappa shape index (κ1) is 14.5. The number of carbonyl (C=O) groups is 1. The Hall–Kier alpha value is -2.40. The summed E-state index contributed by atoms with van der Waals surface area (Å²) < 4.78 is 12.1. The number of rotatable bonds is 5. The number of benzene rings is 2. The van der Waals surface area contributed by atoms with Crippen molar-refractivity contribution in [3.05, 3.63) is 70.7 Å². The van der Waals surface area contributed by atoms with Crippen LogP contribution in [-0.4, -0.2) is 11.3 Å². The number of aldehydes is 1. The van der Waals surface area contributed by atoms with Crippen LogP contribution in [0.3, 0.4) is 0 Å². The number of nitrogens with zero attached hydrogens (tertiary/aromatic N) is 1. The molecule has 0 bridgehead atoms. The lowest BCUT2D eigenvalue weighted by molar-refractivity contribution is 0.111. The maximum atomic E-state index is 11.0. The lowest BCUT2D eigenvalue weighted by Gasteiger charge is -2.06. The van der Waals surface area contributed by atoms with Crippen molar-refractivity contribution in [2.24, 2.45) is 0 Å². The van der Waals surface area contributed by atoms with Crippen LogP contribution in [0.5, 0.6) is 5.75 Å². The van der Waals surface area contributed by atoms with Gasteiger partial charge in [-0.15, -0.1) is 0 Å². The molecule has 1 heterocycles. The molecular formula is C17H12BrNO3. The van der Waals surface area contributed by atoms with Crippen molar-refractivity contribution in [1.29, 1.82) is 0 Å². The molecule has 1 aromatic heterocycles. The van der Waals surface area contributed by atoms with Crippen LogP contribution in [0.2, 0.25) is 0 Å². The quantitative estimate of drug-likeness (QED) is 0.631. The van der Waals surface area contributed by atoms with Gasteiger partial charge in [0.05, 0.1) is 11.8 Å². The molecule has 22 heavy (non-hydrogen) atoms. The normalized spacial score (nSPS) is 10.4. The molecule has 0 atom stereocenters. The molecule has 110 valence electrons. The summed E-state index contributed by atoms with van der Waals surface area (Å²) in [4.78, 5) is 15.2. The maximum Gasteiger partial charge on any atom is 0.232 e. The monoisotopic (exact) mass is 357 g/mol. The van der Waals surface area contributed by atoms with E-state index in [1.54, 1.807) is 18.3 Å². The molecule has 0 radical (unpaired) electrons. The molecule has 0 spiro atoms. The van der Waals surface area contributed by atoms with Crippen LogP contribution in [0.25, 0.3) is 11.3 Å². The molecule has 0 amide bonds. The van der Waals surface area contributed by atoms with Gasteiger partial charge in [-0.25, -0.2) is 4.98 Å². The summed E-state index contributed by atoms with van der Waals surface area (Å²) in [5.41, 5.74) is 1.43. The highest BCUT2D eigenvalue weighted by Gasteiger charge is 2.09. The number of halogens is 1. The summed E-state index contributed by atoms with van der Waals surface area (Å²) in [6.07, 6.45) is 2.42. The highest BCUT2D eigenvalue weighted by molar-refractivity contribution is 9.10. The Morgan fingerprint density at radius 3 is 2.77 bits per heavy atom. The number of ether oxygens (including phenoxy) is 1. The average molecular weight is 358 g/mol. The third-order valence-corrected chi connectivity index (χ3v) is 3.56. The van der Waals surface area contributed by atoms with E-state index in [0.29, 0.717) is 23.0 Å². The smallest absolute Gasteiger partial charge is 0.232 e. The van der Waals surface area contributed by atoms with Crippen molar-refractivity contribution < 1.29 is 13.9 Å². The van der Waals surface area contributed by atoms with Crippen LogP contribution < -0.4 is 4.74 Å². The number of oxazole rings is 1. The summed E-state index contributed by atoms with van der Waals surface area (Å²) in [5, 5.41) is 0. The van der Waals surface area contributed by atoms with Gasteiger partial charge in [-0.1, -0.05) is 46.3 Å². The summed E-state index contributed by atoms with van der Waals surface area (Å²) in [6, 6.07) is 15.0. The van der Waals surface area contributed by atoms with Crippen LogP contribution in [0.1, 0.15) is 16.2 Å². The second-order valence-corrected chi connectivity index (χ2v) is 5.49. The molecule has 0 fully saturated rings. The van der Waals surface area contributed by atoms with Gasteiger partial charge in [-0.2, -0.15) is 0 Å². The fourth-order valence-electron chi connectivity index (χ4n) is 2.00. The van der Waals surface area contributed by atoms with Crippen LogP contribution in [0.4, 0.5) is 0 Å². The van der Waals surface area contributed by atoms with E-state index in [1.165, 1.54) is 0 Å². The zero-order chi connectivity index (χ0) is 15.4. The first-order valence-electron chi connectivity index (χ1n) is 6.64. The van der Waals surface area contributed by atoms with E-state index >= 15 is 0 Å². The highest BCUT2D eigenvalue weighted by atomic mass is 79.9. The molecule has 5 heteroatoms. The molecular weight excluding hydrogens is 346 g/mol. The van der Waals surface area contributed by atoms with Crippen LogP contribution in [-0.2, 0) is 6.61 Å². The number of hydrogen-bond acceptors (Lipinski definition) is 4. The van der Waals surface area contributed by atoms with E-state index in [1.807, 2.05) is 36.4 Å². The van der Waals surface area contributed by atoms with E-state index < -0.39 is 0 Å². The summed E-state index contributed by atoms with van der Waals surface area (Å²) >= 11 is 3.32. The van der Waals surface area contributed by atoms with E-state index in [-0.39, 0.29) is 6.61 Å². The van der Waals surface area contributed by atoms with Crippen molar-refractivity contribution in [1.82, 2.24) is 4.98 Å². The standard InChI is InChI=1S/C17H12BrNO3/c18-14-6-7-15(13(8-14)10-20)21-11-17-19-9-16(22-17)12-4-2-1-3-5-12/h1-10H,11H2. The van der Waals surface area contributed by atoms with Gasteiger partial charge < -0.3 is 9.15 Å². The lowest BCUT2D eigenvalue weighted by atomic mass is 10.2. The Bertz CT molecular complexity index is 784. The Balaban J connectivity index is 1.73. The van der Waals surface area contributed by atoms with Gasteiger partial charge in [0, 0.05) is 10.0 Å². The number of aromatic nitrogens is 1. The molecule has 0 unspecified atom stereocenters. The molecule has 3 aromatic rings. The molecule has 0 aliphatic rings. The Morgan fingerprint density at radius 1 is 1.18 bits per heavy atom. The minimum Gasteiger partial charge on any atom is -0.483 e. The zero-order valence-electron chi connectivity index (χ0n) is 11.5. The number of hydrogen-bond donors (Lipinski definition) is 0. The molecule has 4 nitrogen and oxygen atoms in total. The molecule has 2 aromatic carbocycles. The maximum absolute atomic E-state index is 11.0. The largest absolute Gasteiger partial charge is 0.483 e. The third kappa shape index (κ3) is 3.26. The average Bonchev–Trinajstić information content (AvgIpc) is 3.03. The molecule has 0 saturated carbocycles. The van der Waals surface area contributed by atoms with Crippen molar-refractivity contribution >= 4 is 22.2 Å². The van der Waals surface area contributed by atoms with Gasteiger partial charge in [0.2, 0.25) is 5.89 Å². The summed E-state index contributed by atoms with van der Waals surface area (Å²) in [5.74, 6) is 1.64. The van der Waals surface area contributed by atoms with Crippen LogP contribution in [0, 0.1) is 0 Å². The minimum atomic E-state index is 0.162. The summed E-state index contributed by atoms with van der Waals surface area (Å²) in [7, 11) is 0. The molecule has 0 aliphatic carbocycles. The predicted molar refractivity (Wildman–Crippen MR) is 85.8 cm³/mol. The lowest BCUT2D eigenvalue weighted by Crippen LogP contribution is -1.98. The van der Waals surface area contributed by atoms with E-state index in [0.717, 1.165) is 16.3 Å². The van der Waals surface area contributed by atoms with Gasteiger partial charge in [-0.05, 0) is 18.2 Å². The second kappa shape index (κ2) is 6.58. The predicted octanol–water partition coefficient (Wildman–Crippen LogP) is 4.50. The second-order valence-electron chi connectivity index (χ2n) is 4.57. The van der Waals surface area contributed by atoms with Gasteiger partial charge in [0.15, 0.2) is 18.7 Å². The first-order chi connectivity index (χ1) is 10.8. The molecule has 0 saturated heterocycles. The summed E-state index contributed by atoms with van der Waals surface area (Å²) in [6.45, 7) is 0.162. The van der Waals surface area contributed by atoms with Crippen molar-refractivity contribution in [2.45, 2.75) is 6.61 Å². The Morgan fingerprint density at radius 2 is 2.00 bits per heavy atom. The molecule has 0 aliphatic heterocycles. The van der Waals surface area contributed by atoms with E-state index in [2.05, 4.69) is 20.9 Å². The van der Waals surface area contributed by atoms with Crippen LogP contribution >= 0.6 is 15.9 Å². The van der Waals surface area contributed by atoms with Crippen molar-refractivity contribution in [2.75, 3.05) is 0 Å². The minimum absolute atomic E-state index is 0.162. The van der Waals surface area contributed by atoms with Crippen molar-refractivity contribution in [3.8, 4) is 17.1 Å². The van der Waals surface area contributed by atoms with Gasteiger partial charge in [0.1, 0.15) is 5.75 Å². The van der Waals surface area contributed by atoms with Gasteiger partial charge in [0.25, 0.3) is 0 Å². The van der Waals surface area contributed by atoms with Crippen LogP contribution in [0.15, 0.2) is 63.6 Å². The topological polar surface area (TPSA) is 52.3 Å². The zero-order valence-corrected chi connectivity index (χ0v) is 13.1.